The molecule has 32 heteroatoms. The van der Waals surface area contributed by atoms with Crippen LogP contribution in [0.5, 0.6) is 5.75 Å². The number of aliphatic carboxylic acids is 1. The first-order valence-electron chi connectivity index (χ1n) is 23.7. The number of carboxylic acid groups (broad SMARTS) is 1. The standard InChI is InChI=1S/C28H33N8O6P.C20H25N8O6P.Na.H2O/c1-4-40-27(38)18(2)41-43(39,42-22-8-6-5-7-9-22)15-14-31-26(37)19-10-12-21(13-11-19)36(3)17-20-16-32-25-23(33-20)24(29)34-28(30)35-25;1-11(19(30)31)34-35(32,33)8-7-23-18(29)12-3-5-14(6-4-12)28(2)10-13-9-24-17-15(25-13)16(21)26-20(22)27-17;;/h5-13,16,18H,4,14-15,17H2,1-3H3,(H,31,37)(H4,29,30,32,34,35);3-6,9,11H,7-8,10H2,1-2H3,(H,23,29)(H,30,31)(H,32,33)(H4,21,22,24,26,27);;1H2/q;;+1;/p-1/t18-,43?;11-;;/m00../s1. The van der Waals surface area contributed by atoms with E-state index in [-0.39, 0.29) is 90.3 Å². The number of hydrogen-bond donors (Lipinski definition) is 8. The van der Waals surface area contributed by atoms with E-state index >= 15 is 0 Å². The quantitative estimate of drug-likeness (QED) is 0.0247. The summed E-state index contributed by atoms with van der Waals surface area (Å²) >= 11 is 0. The number of carbonyl (C=O) groups excluding carboxylic acids is 3. The maximum absolute atomic E-state index is 13.6. The Morgan fingerprint density at radius 1 is 0.650 bits per heavy atom. The van der Waals surface area contributed by atoms with Gasteiger partial charge in [0.05, 0.1) is 55.8 Å². The number of carbonyl (C=O) groups is 4. The molecule has 0 radical (unpaired) electrons. The van der Waals surface area contributed by atoms with Crippen LogP contribution in [0.1, 0.15) is 52.9 Å². The van der Waals surface area contributed by atoms with Crippen molar-refractivity contribution in [3.63, 3.8) is 0 Å². The van der Waals surface area contributed by atoms with Crippen LogP contribution in [0.25, 0.3) is 22.3 Å². The molecule has 3 aromatic carbocycles. The molecule has 0 aliphatic rings. The summed E-state index contributed by atoms with van der Waals surface area (Å²) in [6.07, 6.45) is -0.00721. The molecular weight excluding hydrogens is 1090 g/mol. The van der Waals surface area contributed by atoms with Crippen LogP contribution < -0.4 is 77.4 Å². The van der Waals surface area contributed by atoms with Gasteiger partial charge >= 0.3 is 56.7 Å². The average molecular weight is 1150 g/mol. The average Bonchev–Trinajstić information content (AvgIpc) is 3.46. The second-order valence-corrected chi connectivity index (χ2v) is 21.0. The number of benzene rings is 3. The van der Waals surface area contributed by atoms with Gasteiger partial charge in [-0.25, -0.2) is 34.1 Å². The molecule has 4 aromatic heterocycles. The zero-order valence-electron chi connectivity index (χ0n) is 44.4. The SMILES string of the molecule is CCOC(=O)[C@H](C)OP(=O)(CCNC(=O)c1ccc(N(C)Cc2cnc3nc(N)nc(N)c3n2)cc1)Oc1ccccc1.C[C@H](OP(=O)(O)CCNC(=O)c1ccc(N(C)Cc2cnc3nc(N)nc(N)c3n2)cc1)C(=O)O.[Na+].[OH-]. The molecule has 0 bridgehead atoms. The van der Waals surface area contributed by atoms with E-state index in [1.54, 1.807) is 98.2 Å². The van der Waals surface area contributed by atoms with Gasteiger partial charge in [0.1, 0.15) is 5.75 Å². The van der Waals surface area contributed by atoms with Crippen molar-refractivity contribution in [3.05, 3.63) is 114 Å². The van der Waals surface area contributed by atoms with Gasteiger partial charge in [0.25, 0.3) is 11.8 Å². The molecule has 29 nitrogen and oxygen atoms in total. The first kappa shape index (κ1) is 64.8. The first-order chi connectivity index (χ1) is 37.0. The number of nitrogens with two attached hydrogens (primary N) is 4. The summed E-state index contributed by atoms with van der Waals surface area (Å²) in [5.74, 6) is -2.21. The molecule has 0 spiro atoms. The van der Waals surface area contributed by atoms with Crippen molar-refractivity contribution in [2.45, 2.75) is 46.1 Å². The van der Waals surface area contributed by atoms with Crippen LogP contribution in [-0.4, -0.2) is 137 Å². The van der Waals surface area contributed by atoms with Gasteiger partial charge in [0.2, 0.25) is 11.9 Å². The number of nitrogens with one attached hydrogen (secondary N) is 2. The summed E-state index contributed by atoms with van der Waals surface area (Å²) in [7, 11) is -4.31. The van der Waals surface area contributed by atoms with Gasteiger partial charge in [-0.05, 0) is 81.4 Å². The van der Waals surface area contributed by atoms with Crippen molar-refractivity contribution in [1.82, 2.24) is 50.5 Å². The Balaban J connectivity index is 0.000000343. The van der Waals surface area contributed by atoms with Gasteiger partial charge in [-0.2, -0.15) is 19.9 Å². The maximum atomic E-state index is 13.6. The first-order valence-corrected chi connectivity index (χ1v) is 27.2. The van der Waals surface area contributed by atoms with Gasteiger partial charge in [-0.3, -0.25) is 23.2 Å². The third-order valence-corrected chi connectivity index (χ3v) is 14.2. The van der Waals surface area contributed by atoms with Crippen molar-refractivity contribution in [2.24, 2.45) is 0 Å². The number of rotatable bonds is 23. The Hall–Kier alpha value is -7.72. The molecule has 13 N–H and O–H groups in total. The van der Waals surface area contributed by atoms with E-state index in [2.05, 4.69) is 55.0 Å². The van der Waals surface area contributed by atoms with Crippen LogP contribution in [0.3, 0.4) is 0 Å². The fourth-order valence-electron chi connectivity index (χ4n) is 6.99. The number of carboxylic acids is 1. The third-order valence-electron chi connectivity index (χ3n) is 10.9. The number of amides is 2. The van der Waals surface area contributed by atoms with Gasteiger partial charge < -0.3 is 68.1 Å². The van der Waals surface area contributed by atoms with E-state index in [4.69, 9.17) is 41.8 Å². The van der Waals surface area contributed by atoms with Crippen molar-refractivity contribution in [2.75, 3.05) is 78.9 Å². The largest absolute Gasteiger partial charge is 1.00 e. The van der Waals surface area contributed by atoms with Gasteiger partial charge in [-0.1, -0.05) is 18.2 Å². The van der Waals surface area contributed by atoms with Crippen molar-refractivity contribution < 1.29 is 91.6 Å². The minimum absolute atomic E-state index is 0. The van der Waals surface area contributed by atoms with Crippen molar-refractivity contribution in [1.29, 1.82) is 0 Å². The van der Waals surface area contributed by atoms with E-state index in [1.165, 1.54) is 6.92 Å². The summed E-state index contributed by atoms with van der Waals surface area (Å²) < 4.78 is 46.3. The Bertz CT molecular complexity index is 3360. The van der Waals surface area contributed by atoms with E-state index in [0.29, 0.717) is 63.7 Å². The minimum Gasteiger partial charge on any atom is -0.870 e. The number of ether oxygens (including phenoxy) is 1. The second-order valence-electron chi connectivity index (χ2n) is 17.0. The van der Waals surface area contributed by atoms with E-state index < -0.39 is 51.4 Å². The molecule has 80 heavy (non-hydrogen) atoms. The Morgan fingerprint density at radius 3 is 1.54 bits per heavy atom. The van der Waals surface area contributed by atoms with E-state index in [9.17, 15) is 33.2 Å². The zero-order valence-corrected chi connectivity index (χ0v) is 48.2. The second kappa shape index (κ2) is 29.5. The van der Waals surface area contributed by atoms with Crippen LogP contribution in [0, 0.1) is 0 Å². The summed E-state index contributed by atoms with van der Waals surface area (Å²) in [5, 5.41) is 14.0. The van der Waals surface area contributed by atoms with Gasteiger partial charge in [0, 0.05) is 49.7 Å². The summed E-state index contributed by atoms with van der Waals surface area (Å²) in [6.45, 7) is 4.99. The van der Waals surface area contributed by atoms with Crippen LogP contribution in [0.15, 0.2) is 91.3 Å². The normalized spacial score (nSPS) is 13.0. The number of hydrogen-bond acceptors (Lipinski definition) is 25. The van der Waals surface area contributed by atoms with Crippen molar-refractivity contribution >= 4 is 96.2 Å². The van der Waals surface area contributed by atoms with E-state index in [1.807, 2.05) is 23.9 Å². The molecule has 2 amide bonds. The number of anilines is 6. The molecule has 0 saturated heterocycles. The number of esters is 1. The summed E-state index contributed by atoms with van der Waals surface area (Å²) in [5.41, 5.74) is 27.9. The molecule has 420 valence electrons. The van der Waals surface area contributed by atoms with Crippen LogP contribution in [0.4, 0.5) is 34.9 Å². The minimum atomic E-state index is -4.16. The molecule has 4 heterocycles. The molecule has 0 aliphatic heterocycles. The van der Waals surface area contributed by atoms with Crippen molar-refractivity contribution in [3.8, 4) is 5.75 Å². The number of nitrogens with zero attached hydrogens (tertiary/aromatic N) is 10. The van der Waals surface area contributed by atoms with Gasteiger partial charge in [-0.15, -0.1) is 0 Å². The Morgan fingerprint density at radius 2 is 1.10 bits per heavy atom. The molecule has 0 aliphatic carbocycles. The topological polar surface area (TPSA) is 448 Å². The van der Waals surface area contributed by atoms with Gasteiger partial charge in [0.15, 0.2) is 46.2 Å². The number of fused-ring (bicyclic) bond motifs is 2. The predicted octanol–water partition coefficient (Wildman–Crippen LogP) is 0.643. The Kier molecular flexibility index (Phi) is 23.9. The fourth-order valence-corrected chi connectivity index (χ4v) is 9.71. The van der Waals surface area contributed by atoms with E-state index in [0.717, 1.165) is 18.3 Å². The molecular formula is C48H59N16NaO13P2. The monoisotopic (exact) mass is 1150 g/mol. The summed E-state index contributed by atoms with van der Waals surface area (Å²) in [6, 6.07) is 22.0. The molecule has 7 aromatic rings. The number of nitrogen functional groups attached to an aromatic ring is 4. The maximum Gasteiger partial charge on any atom is 1.00 e. The summed E-state index contributed by atoms with van der Waals surface area (Å²) in [4.78, 5) is 94.8. The fraction of sp³-hybridized carbons (Fsp3) is 0.292. The zero-order chi connectivity index (χ0) is 56.7. The number of para-hydroxylation sites is 1. The molecule has 7 rings (SSSR count). The van der Waals surface area contributed by atoms with Crippen LogP contribution in [-0.2, 0) is 45.6 Å². The predicted molar refractivity (Wildman–Crippen MR) is 291 cm³/mol. The Labute approximate surface area is 480 Å². The molecule has 0 saturated carbocycles. The molecule has 2 unspecified atom stereocenters. The number of aromatic nitrogens is 8. The smallest absolute Gasteiger partial charge is 0.870 e. The third kappa shape index (κ3) is 18.7. The van der Waals surface area contributed by atoms with Crippen LogP contribution in [0.2, 0.25) is 0 Å². The van der Waals surface area contributed by atoms with Crippen LogP contribution >= 0.6 is 15.2 Å². The molecule has 0 fully saturated rings. The molecule has 4 atom stereocenters.